The first-order chi connectivity index (χ1) is 14.9. The molecule has 6 heteroatoms. The Hall–Kier alpha value is -2.53. The minimum Gasteiger partial charge on any atom is -0.494 e. The maximum absolute atomic E-state index is 11.8. The summed E-state index contributed by atoms with van der Waals surface area (Å²) in [6, 6.07) is 12.2. The molecule has 0 spiro atoms. The fourth-order valence-corrected chi connectivity index (χ4v) is 3.74. The Labute approximate surface area is 189 Å². The Morgan fingerprint density at radius 1 is 1.16 bits per heavy atom. The highest BCUT2D eigenvalue weighted by molar-refractivity contribution is 6.32. The normalized spacial score (nSPS) is 11.3. The lowest BCUT2D eigenvalue weighted by Gasteiger charge is -2.12. The van der Waals surface area contributed by atoms with Gasteiger partial charge in [-0.15, -0.1) is 0 Å². The number of carbonyl (C=O) groups is 1. The molecule has 31 heavy (non-hydrogen) atoms. The van der Waals surface area contributed by atoms with Crippen molar-refractivity contribution in [3.8, 4) is 5.75 Å². The van der Waals surface area contributed by atoms with Gasteiger partial charge >= 0.3 is 0 Å². The fraction of sp³-hybridized carbons (Fsp3) is 0.440. The molecule has 0 radical (unpaired) electrons. The zero-order valence-corrected chi connectivity index (χ0v) is 19.6. The van der Waals surface area contributed by atoms with Gasteiger partial charge in [-0.25, -0.2) is 4.98 Å². The van der Waals surface area contributed by atoms with E-state index in [1.807, 2.05) is 58.0 Å². The SMILES string of the molecule is Cc1cc(OCCCn2c(CCCNC(=O)C(C)C)nc3ccccc32)cc(C)c1Cl. The van der Waals surface area contributed by atoms with E-state index in [0.717, 1.165) is 64.6 Å². The van der Waals surface area contributed by atoms with Gasteiger partial charge in [-0.2, -0.15) is 0 Å². The van der Waals surface area contributed by atoms with E-state index < -0.39 is 0 Å². The Morgan fingerprint density at radius 2 is 1.87 bits per heavy atom. The molecule has 0 aliphatic carbocycles. The van der Waals surface area contributed by atoms with Crippen LogP contribution in [0.4, 0.5) is 0 Å². The molecule has 1 heterocycles. The Balaban J connectivity index is 1.60. The second-order valence-corrected chi connectivity index (χ2v) is 8.67. The van der Waals surface area contributed by atoms with Crippen LogP contribution < -0.4 is 10.1 Å². The zero-order chi connectivity index (χ0) is 22.4. The monoisotopic (exact) mass is 441 g/mol. The first-order valence-electron chi connectivity index (χ1n) is 11.0. The molecule has 3 aromatic rings. The summed E-state index contributed by atoms with van der Waals surface area (Å²) >= 11 is 6.25. The number of nitrogens with zero attached hydrogens (tertiary/aromatic N) is 2. The van der Waals surface area contributed by atoms with Gasteiger partial charge in [0.25, 0.3) is 0 Å². The summed E-state index contributed by atoms with van der Waals surface area (Å²) in [6.07, 6.45) is 2.56. The number of carbonyl (C=O) groups excluding carboxylic acids is 1. The summed E-state index contributed by atoms with van der Waals surface area (Å²) in [5, 5.41) is 3.78. The molecule has 1 aromatic heterocycles. The average Bonchev–Trinajstić information content (AvgIpc) is 3.09. The van der Waals surface area contributed by atoms with E-state index in [1.54, 1.807) is 0 Å². The van der Waals surface area contributed by atoms with Crippen LogP contribution in [0, 0.1) is 19.8 Å². The third-order valence-corrected chi connectivity index (χ3v) is 5.94. The van der Waals surface area contributed by atoms with E-state index in [4.69, 9.17) is 21.3 Å². The number of imidazole rings is 1. The van der Waals surface area contributed by atoms with E-state index in [-0.39, 0.29) is 11.8 Å². The average molecular weight is 442 g/mol. The third-order valence-electron chi connectivity index (χ3n) is 5.34. The highest BCUT2D eigenvalue weighted by Gasteiger charge is 2.11. The van der Waals surface area contributed by atoms with Crippen LogP contribution in [0.15, 0.2) is 36.4 Å². The molecule has 5 nitrogen and oxygen atoms in total. The fourth-order valence-electron chi connectivity index (χ4n) is 3.63. The molecule has 0 saturated carbocycles. The first-order valence-corrected chi connectivity index (χ1v) is 11.4. The maximum Gasteiger partial charge on any atom is 0.222 e. The van der Waals surface area contributed by atoms with Crippen LogP contribution in [0.25, 0.3) is 11.0 Å². The Morgan fingerprint density at radius 3 is 2.58 bits per heavy atom. The van der Waals surface area contributed by atoms with E-state index >= 15 is 0 Å². The lowest BCUT2D eigenvalue weighted by Crippen LogP contribution is -2.28. The van der Waals surface area contributed by atoms with Crippen LogP contribution >= 0.6 is 11.6 Å². The lowest BCUT2D eigenvalue weighted by atomic mass is 10.1. The summed E-state index contributed by atoms with van der Waals surface area (Å²) in [5.74, 6) is 2.02. The van der Waals surface area contributed by atoms with Crippen molar-refractivity contribution in [1.29, 1.82) is 0 Å². The van der Waals surface area contributed by atoms with Gasteiger partial charge in [-0.1, -0.05) is 37.6 Å². The summed E-state index contributed by atoms with van der Waals surface area (Å²) < 4.78 is 8.26. The van der Waals surface area contributed by atoms with Crippen molar-refractivity contribution in [2.24, 2.45) is 5.92 Å². The molecule has 166 valence electrons. The first kappa shape index (κ1) is 23.1. The van der Waals surface area contributed by atoms with Gasteiger partial charge in [-0.05, 0) is 62.1 Å². The molecular weight excluding hydrogens is 410 g/mol. The lowest BCUT2D eigenvalue weighted by molar-refractivity contribution is -0.123. The molecule has 0 saturated heterocycles. The number of amides is 1. The number of aromatic nitrogens is 2. The Kier molecular flexibility index (Phi) is 7.97. The van der Waals surface area contributed by atoms with Gasteiger partial charge in [0.2, 0.25) is 5.91 Å². The second-order valence-electron chi connectivity index (χ2n) is 8.29. The number of para-hydroxylation sites is 2. The van der Waals surface area contributed by atoms with E-state index in [2.05, 4.69) is 16.0 Å². The number of ether oxygens (including phenoxy) is 1. The van der Waals surface area contributed by atoms with Crippen LogP contribution in [-0.2, 0) is 17.8 Å². The van der Waals surface area contributed by atoms with Crippen molar-refractivity contribution in [3.05, 3.63) is 58.4 Å². The van der Waals surface area contributed by atoms with E-state index in [1.165, 1.54) is 0 Å². The minimum atomic E-state index is 0.0118. The van der Waals surface area contributed by atoms with Crippen molar-refractivity contribution in [2.75, 3.05) is 13.2 Å². The van der Waals surface area contributed by atoms with E-state index in [0.29, 0.717) is 13.2 Å². The molecule has 2 aromatic carbocycles. The number of hydrogen-bond donors (Lipinski definition) is 1. The summed E-state index contributed by atoms with van der Waals surface area (Å²) in [4.78, 5) is 16.6. The molecule has 0 bridgehead atoms. The standard InChI is InChI=1S/C25H32ClN3O2/c1-17(2)25(30)27-12-7-11-23-28-21-9-5-6-10-22(21)29(23)13-8-14-31-20-15-18(3)24(26)19(4)16-20/h5-6,9-10,15-17H,7-8,11-14H2,1-4H3,(H,27,30). The number of rotatable bonds is 10. The second kappa shape index (κ2) is 10.7. The van der Waals surface area contributed by atoms with Crippen LogP contribution in [0.5, 0.6) is 5.75 Å². The molecule has 3 rings (SSSR count). The van der Waals surface area contributed by atoms with Gasteiger partial charge in [-0.3, -0.25) is 4.79 Å². The summed E-state index contributed by atoms with van der Waals surface area (Å²) in [5.41, 5.74) is 4.21. The zero-order valence-electron chi connectivity index (χ0n) is 18.9. The van der Waals surface area contributed by atoms with Crippen molar-refractivity contribution < 1.29 is 9.53 Å². The number of halogens is 1. The quantitative estimate of drug-likeness (QED) is 0.424. The van der Waals surface area contributed by atoms with Gasteiger partial charge in [0.15, 0.2) is 0 Å². The highest BCUT2D eigenvalue weighted by Crippen LogP contribution is 2.26. The molecule has 0 aliphatic rings. The molecule has 0 atom stereocenters. The third kappa shape index (κ3) is 6.01. The van der Waals surface area contributed by atoms with Gasteiger partial charge in [0.05, 0.1) is 17.6 Å². The van der Waals surface area contributed by atoms with Crippen LogP contribution in [0.1, 0.15) is 43.6 Å². The predicted octanol–water partition coefficient (Wildman–Crippen LogP) is 5.48. The smallest absolute Gasteiger partial charge is 0.222 e. The van der Waals surface area contributed by atoms with Gasteiger partial charge in [0.1, 0.15) is 11.6 Å². The van der Waals surface area contributed by atoms with Crippen LogP contribution in [0.3, 0.4) is 0 Å². The van der Waals surface area contributed by atoms with Gasteiger partial charge in [0, 0.05) is 30.5 Å². The molecule has 0 unspecified atom stereocenters. The molecule has 1 N–H and O–H groups in total. The van der Waals surface area contributed by atoms with Gasteiger partial charge < -0.3 is 14.6 Å². The number of hydrogen-bond acceptors (Lipinski definition) is 3. The maximum atomic E-state index is 11.8. The van der Waals surface area contributed by atoms with Crippen LogP contribution in [-0.4, -0.2) is 28.6 Å². The summed E-state index contributed by atoms with van der Waals surface area (Å²) in [7, 11) is 0. The minimum absolute atomic E-state index is 0.0118. The van der Waals surface area contributed by atoms with Crippen molar-refractivity contribution in [2.45, 2.75) is 53.5 Å². The molecular formula is C25H32ClN3O2. The number of benzene rings is 2. The van der Waals surface area contributed by atoms with Crippen molar-refractivity contribution >= 4 is 28.5 Å². The highest BCUT2D eigenvalue weighted by atomic mass is 35.5. The van der Waals surface area contributed by atoms with Crippen molar-refractivity contribution in [1.82, 2.24) is 14.9 Å². The Bertz CT molecular complexity index is 1020. The van der Waals surface area contributed by atoms with E-state index in [9.17, 15) is 4.79 Å². The van der Waals surface area contributed by atoms with Crippen LogP contribution in [0.2, 0.25) is 5.02 Å². The summed E-state index contributed by atoms with van der Waals surface area (Å²) in [6.45, 7) is 9.92. The largest absolute Gasteiger partial charge is 0.494 e. The number of fused-ring (bicyclic) bond motifs is 1. The number of aryl methyl sites for hydroxylation is 4. The molecule has 1 amide bonds. The predicted molar refractivity (Wildman–Crippen MR) is 127 cm³/mol. The molecule has 0 aliphatic heterocycles. The topological polar surface area (TPSA) is 56.1 Å². The number of nitrogens with one attached hydrogen (secondary N) is 1. The molecule has 0 fully saturated rings. The van der Waals surface area contributed by atoms with Crippen molar-refractivity contribution in [3.63, 3.8) is 0 Å².